The number of ether oxygens (including phenoxy) is 2. The van der Waals surface area contributed by atoms with Gasteiger partial charge in [0.1, 0.15) is 11.5 Å². The molecule has 0 radical (unpaired) electrons. The Morgan fingerprint density at radius 2 is 2.00 bits per heavy atom. The van der Waals surface area contributed by atoms with Crippen LogP contribution in [0.2, 0.25) is 0 Å². The Morgan fingerprint density at radius 1 is 1.29 bits per heavy atom. The van der Waals surface area contributed by atoms with Crippen LogP contribution >= 0.6 is 0 Å². The minimum atomic E-state index is 0.349. The Balaban J connectivity index is 2.83. The van der Waals surface area contributed by atoms with E-state index in [2.05, 4.69) is 18.9 Å². The van der Waals surface area contributed by atoms with Crippen molar-refractivity contribution >= 4 is 0 Å². The quantitative estimate of drug-likeness (QED) is 0.815. The second-order valence-corrected chi connectivity index (χ2v) is 4.18. The molecule has 1 rings (SSSR count). The second-order valence-electron chi connectivity index (χ2n) is 4.18. The van der Waals surface area contributed by atoms with Crippen LogP contribution < -0.4 is 15.2 Å². The number of nitrogens with two attached hydrogens (primary N) is 1. The van der Waals surface area contributed by atoms with Gasteiger partial charge in [0.25, 0.3) is 0 Å². The van der Waals surface area contributed by atoms with Gasteiger partial charge in [-0.1, -0.05) is 6.07 Å². The molecule has 2 N–H and O–H groups in total. The summed E-state index contributed by atoms with van der Waals surface area (Å²) < 4.78 is 10.5. The van der Waals surface area contributed by atoms with Crippen molar-refractivity contribution in [2.24, 2.45) is 5.73 Å². The Hall–Kier alpha value is -1.26. The summed E-state index contributed by atoms with van der Waals surface area (Å²) in [6.45, 7) is 3.57. The monoisotopic (exact) mass is 238 g/mol. The van der Waals surface area contributed by atoms with Gasteiger partial charge < -0.3 is 15.2 Å². The summed E-state index contributed by atoms with van der Waals surface area (Å²) in [5, 5.41) is 0. The molecule has 0 saturated carbocycles. The zero-order chi connectivity index (χ0) is 12.8. The molecule has 0 heterocycles. The molecule has 4 nitrogen and oxygen atoms in total. The summed E-state index contributed by atoms with van der Waals surface area (Å²) in [5.41, 5.74) is 6.79. The van der Waals surface area contributed by atoms with E-state index >= 15 is 0 Å². The molecule has 0 amide bonds. The van der Waals surface area contributed by atoms with Crippen LogP contribution in [0.4, 0.5) is 0 Å². The van der Waals surface area contributed by atoms with Gasteiger partial charge in [0, 0.05) is 30.8 Å². The molecule has 0 aromatic heterocycles. The van der Waals surface area contributed by atoms with Crippen LogP contribution in [0.1, 0.15) is 12.5 Å². The van der Waals surface area contributed by atoms with E-state index in [-0.39, 0.29) is 0 Å². The van der Waals surface area contributed by atoms with E-state index < -0.39 is 0 Å². The van der Waals surface area contributed by atoms with Crippen molar-refractivity contribution in [2.75, 3.05) is 27.8 Å². The average molecular weight is 238 g/mol. The number of hydrogen-bond donors (Lipinski definition) is 1. The molecule has 1 aromatic rings. The largest absolute Gasteiger partial charge is 0.497 e. The minimum absolute atomic E-state index is 0.349. The van der Waals surface area contributed by atoms with Crippen molar-refractivity contribution in [3.63, 3.8) is 0 Å². The fourth-order valence-corrected chi connectivity index (χ4v) is 1.59. The van der Waals surface area contributed by atoms with Gasteiger partial charge in [-0.3, -0.25) is 4.90 Å². The van der Waals surface area contributed by atoms with Crippen LogP contribution in [-0.2, 0) is 6.54 Å². The van der Waals surface area contributed by atoms with Gasteiger partial charge in [-0.25, -0.2) is 0 Å². The summed E-state index contributed by atoms with van der Waals surface area (Å²) in [4.78, 5) is 2.20. The predicted molar refractivity (Wildman–Crippen MR) is 69.5 cm³/mol. The number of methoxy groups -OCH3 is 2. The summed E-state index contributed by atoms with van der Waals surface area (Å²) >= 11 is 0. The smallest absolute Gasteiger partial charge is 0.127 e. The number of hydrogen-bond acceptors (Lipinski definition) is 4. The van der Waals surface area contributed by atoms with Crippen LogP contribution in [0.25, 0.3) is 0 Å². The average Bonchev–Trinajstić information content (AvgIpc) is 2.37. The zero-order valence-electron chi connectivity index (χ0n) is 11.1. The Labute approximate surface area is 103 Å². The molecule has 0 aliphatic heterocycles. The number of nitrogens with zero attached hydrogens (tertiary/aromatic N) is 1. The fraction of sp³-hybridized carbons (Fsp3) is 0.538. The number of benzene rings is 1. The lowest BCUT2D eigenvalue weighted by Crippen LogP contribution is -2.34. The van der Waals surface area contributed by atoms with Gasteiger partial charge in [-0.15, -0.1) is 0 Å². The van der Waals surface area contributed by atoms with Gasteiger partial charge >= 0.3 is 0 Å². The van der Waals surface area contributed by atoms with Crippen molar-refractivity contribution < 1.29 is 9.47 Å². The standard InChI is InChI=1S/C13H22N2O2/c1-10(8-14)15(2)9-11-5-6-12(16-3)7-13(11)17-4/h5-7,10H,8-9,14H2,1-4H3. The number of rotatable bonds is 6. The Kier molecular flexibility index (Phi) is 5.25. The number of likely N-dealkylation sites (N-methyl/N-ethyl adjacent to an activating group) is 1. The van der Waals surface area contributed by atoms with Gasteiger partial charge in [0.2, 0.25) is 0 Å². The summed E-state index contributed by atoms with van der Waals surface area (Å²) in [7, 11) is 5.38. The Bertz CT molecular complexity index is 355. The first-order valence-corrected chi connectivity index (χ1v) is 5.73. The van der Waals surface area contributed by atoms with Crippen molar-refractivity contribution in [2.45, 2.75) is 19.5 Å². The highest BCUT2D eigenvalue weighted by Crippen LogP contribution is 2.25. The molecule has 0 spiro atoms. The predicted octanol–water partition coefficient (Wildman–Crippen LogP) is 1.48. The van der Waals surface area contributed by atoms with Crippen molar-refractivity contribution in [1.29, 1.82) is 0 Å². The van der Waals surface area contributed by atoms with Crippen LogP contribution in [0, 0.1) is 0 Å². The van der Waals surface area contributed by atoms with Gasteiger partial charge in [0.15, 0.2) is 0 Å². The topological polar surface area (TPSA) is 47.7 Å². The van der Waals surface area contributed by atoms with E-state index in [1.807, 2.05) is 18.2 Å². The third-order valence-corrected chi connectivity index (χ3v) is 3.01. The molecule has 17 heavy (non-hydrogen) atoms. The first-order chi connectivity index (χ1) is 8.12. The van der Waals surface area contributed by atoms with E-state index in [9.17, 15) is 0 Å². The molecule has 0 aliphatic carbocycles. The maximum Gasteiger partial charge on any atom is 0.127 e. The highest BCUT2D eigenvalue weighted by Gasteiger charge is 2.11. The molecular formula is C13H22N2O2. The normalized spacial score (nSPS) is 12.6. The summed E-state index contributed by atoms with van der Waals surface area (Å²) in [5.74, 6) is 1.65. The molecule has 1 atom stereocenters. The van der Waals surface area contributed by atoms with E-state index in [1.54, 1.807) is 14.2 Å². The van der Waals surface area contributed by atoms with Crippen LogP contribution in [0.3, 0.4) is 0 Å². The SMILES string of the molecule is COc1ccc(CN(C)C(C)CN)c(OC)c1. The molecule has 0 saturated heterocycles. The second kappa shape index (κ2) is 6.47. The van der Waals surface area contributed by atoms with Gasteiger partial charge in [-0.2, -0.15) is 0 Å². The summed E-state index contributed by atoms with van der Waals surface area (Å²) in [6.07, 6.45) is 0. The fourth-order valence-electron chi connectivity index (χ4n) is 1.59. The highest BCUT2D eigenvalue weighted by molar-refractivity contribution is 5.40. The van der Waals surface area contributed by atoms with E-state index in [1.165, 1.54) is 0 Å². The first kappa shape index (κ1) is 13.8. The van der Waals surface area contributed by atoms with Crippen LogP contribution in [0.5, 0.6) is 11.5 Å². The van der Waals surface area contributed by atoms with Crippen LogP contribution in [0.15, 0.2) is 18.2 Å². The van der Waals surface area contributed by atoms with Crippen molar-refractivity contribution in [3.8, 4) is 11.5 Å². The molecule has 1 unspecified atom stereocenters. The maximum atomic E-state index is 5.65. The van der Waals surface area contributed by atoms with E-state index in [4.69, 9.17) is 15.2 Å². The molecule has 96 valence electrons. The molecule has 0 bridgehead atoms. The van der Waals surface area contributed by atoms with E-state index in [0.717, 1.165) is 23.6 Å². The molecule has 4 heteroatoms. The highest BCUT2D eigenvalue weighted by atomic mass is 16.5. The maximum absolute atomic E-state index is 5.65. The summed E-state index contributed by atoms with van der Waals surface area (Å²) in [6, 6.07) is 6.22. The third kappa shape index (κ3) is 3.61. The lowest BCUT2D eigenvalue weighted by atomic mass is 10.1. The lowest BCUT2D eigenvalue weighted by molar-refractivity contribution is 0.250. The van der Waals surface area contributed by atoms with Crippen molar-refractivity contribution in [1.82, 2.24) is 4.90 Å². The van der Waals surface area contributed by atoms with E-state index in [0.29, 0.717) is 12.6 Å². The van der Waals surface area contributed by atoms with Gasteiger partial charge in [0.05, 0.1) is 14.2 Å². The molecule has 0 fully saturated rings. The molecule has 0 aliphatic rings. The third-order valence-electron chi connectivity index (χ3n) is 3.01. The first-order valence-electron chi connectivity index (χ1n) is 5.73. The van der Waals surface area contributed by atoms with Crippen LogP contribution in [-0.4, -0.2) is 38.8 Å². The van der Waals surface area contributed by atoms with Crippen molar-refractivity contribution in [3.05, 3.63) is 23.8 Å². The minimum Gasteiger partial charge on any atom is -0.497 e. The molecular weight excluding hydrogens is 216 g/mol. The molecule has 1 aromatic carbocycles. The zero-order valence-corrected chi connectivity index (χ0v) is 11.1. The van der Waals surface area contributed by atoms with Gasteiger partial charge in [-0.05, 0) is 20.0 Å². The Morgan fingerprint density at radius 3 is 2.53 bits per heavy atom. The lowest BCUT2D eigenvalue weighted by Gasteiger charge is -2.24.